The fourth-order valence-electron chi connectivity index (χ4n) is 1.86. The number of benzene rings is 1. The van der Waals surface area contributed by atoms with Gasteiger partial charge in [0, 0.05) is 18.9 Å². The molecule has 0 aliphatic heterocycles. The largest absolute Gasteiger partial charge is 0.356 e. The monoisotopic (exact) mass is 234 g/mol. The van der Waals surface area contributed by atoms with E-state index in [9.17, 15) is 4.79 Å². The van der Waals surface area contributed by atoms with Crippen molar-refractivity contribution in [2.24, 2.45) is 5.73 Å². The zero-order valence-corrected chi connectivity index (χ0v) is 10.7. The third kappa shape index (κ3) is 4.19. The Morgan fingerprint density at radius 2 is 1.94 bits per heavy atom. The lowest BCUT2D eigenvalue weighted by atomic mass is 9.94. The Kier molecular flexibility index (Phi) is 5.70. The van der Waals surface area contributed by atoms with Crippen molar-refractivity contribution in [1.82, 2.24) is 5.32 Å². The lowest BCUT2D eigenvalue weighted by Gasteiger charge is -2.15. The Balaban J connectivity index is 2.68. The van der Waals surface area contributed by atoms with Crippen LogP contribution in [0.5, 0.6) is 0 Å². The molecule has 3 nitrogen and oxygen atoms in total. The summed E-state index contributed by atoms with van der Waals surface area (Å²) >= 11 is 0. The van der Waals surface area contributed by atoms with E-state index >= 15 is 0 Å². The Bertz CT molecular complexity index is 346. The van der Waals surface area contributed by atoms with Crippen molar-refractivity contribution >= 4 is 5.91 Å². The maximum atomic E-state index is 11.5. The van der Waals surface area contributed by atoms with Crippen molar-refractivity contribution in [3.8, 4) is 0 Å². The first-order valence-electron chi connectivity index (χ1n) is 6.26. The molecule has 0 fully saturated rings. The number of rotatable bonds is 6. The summed E-state index contributed by atoms with van der Waals surface area (Å²) in [6.07, 6.45) is 1.50. The van der Waals surface area contributed by atoms with Crippen LogP contribution in [0, 0.1) is 0 Å². The van der Waals surface area contributed by atoms with E-state index in [1.54, 1.807) is 0 Å². The molecule has 0 aliphatic rings. The molecule has 1 atom stereocenters. The van der Waals surface area contributed by atoms with E-state index in [0.717, 1.165) is 12.0 Å². The standard InChI is InChI=1S/C14H22N2O/c1-3-11-5-7-12(8-6-11)13(10-15)9-14(17)16-4-2/h5-8,13H,3-4,9-10,15H2,1-2H3,(H,16,17). The summed E-state index contributed by atoms with van der Waals surface area (Å²) in [4.78, 5) is 11.5. The van der Waals surface area contributed by atoms with Gasteiger partial charge in [0.2, 0.25) is 5.91 Å². The highest BCUT2D eigenvalue weighted by Gasteiger charge is 2.13. The molecule has 17 heavy (non-hydrogen) atoms. The van der Waals surface area contributed by atoms with Crippen molar-refractivity contribution in [1.29, 1.82) is 0 Å². The van der Waals surface area contributed by atoms with Crippen molar-refractivity contribution in [2.45, 2.75) is 32.6 Å². The fraction of sp³-hybridized carbons (Fsp3) is 0.500. The topological polar surface area (TPSA) is 55.1 Å². The Hall–Kier alpha value is -1.35. The highest BCUT2D eigenvalue weighted by atomic mass is 16.1. The van der Waals surface area contributed by atoms with E-state index in [2.05, 4.69) is 36.5 Å². The fourth-order valence-corrected chi connectivity index (χ4v) is 1.86. The highest BCUT2D eigenvalue weighted by molar-refractivity contribution is 5.76. The number of hydrogen-bond acceptors (Lipinski definition) is 2. The van der Waals surface area contributed by atoms with Gasteiger partial charge in [-0.2, -0.15) is 0 Å². The SMILES string of the molecule is CCNC(=O)CC(CN)c1ccc(CC)cc1. The maximum Gasteiger partial charge on any atom is 0.220 e. The van der Waals surface area contributed by atoms with Crippen molar-refractivity contribution in [2.75, 3.05) is 13.1 Å². The number of nitrogens with one attached hydrogen (secondary N) is 1. The molecule has 1 rings (SSSR count). The average Bonchev–Trinajstić information content (AvgIpc) is 2.36. The summed E-state index contributed by atoms with van der Waals surface area (Å²) in [5, 5.41) is 2.81. The van der Waals surface area contributed by atoms with Crippen molar-refractivity contribution < 1.29 is 4.79 Å². The second-order valence-electron chi connectivity index (χ2n) is 4.19. The molecule has 0 spiro atoms. The lowest BCUT2D eigenvalue weighted by Crippen LogP contribution is -2.27. The maximum absolute atomic E-state index is 11.5. The molecule has 0 aromatic heterocycles. The molecule has 0 saturated carbocycles. The van der Waals surface area contributed by atoms with Crippen LogP contribution in [0.4, 0.5) is 0 Å². The molecular formula is C14H22N2O. The summed E-state index contributed by atoms with van der Waals surface area (Å²) in [5.74, 6) is 0.190. The van der Waals surface area contributed by atoms with Gasteiger partial charge >= 0.3 is 0 Å². The summed E-state index contributed by atoms with van der Waals surface area (Å²) in [6.45, 7) is 5.23. The first-order chi connectivity index (χ1) is 8.21. The van der Waals surface area contributed by atoms with Gasteiger partial charge in [-0.1, -0.05) is 31.2 Å². The number of hydrogen-bond donors (Lipinski definition) is 2. The first kappa shape index (κ1) is 13.7. The molecular weight excluding hydrogens is 212 g/mol. The van der Waals surface area contributed by atoms with Gasteiger partial charge in [-0.3, -0.25) is 4.79 Å². The van der Waals surface area contributed by atoms with Crippen LogP contribution < -0.4 is 11.1 Å². The predicted molar refractivity (Wildman–Crippen MR) is 70.9 cm³/mol. The van der Waals surface area contributed by atoms with Crippen molar-refractivity contribution in [3.05, 3.63) is 35.4 Å². The molecule has 3 heteroatoms. The third-order valence-electron chi connectivity index (χ3n) is 2.95. The molecule has 1 aromatic rings. The summed E-state index contributed by atoms with van der Waals surface area (Å²) in [6, 6.07) is 8.37. The molecule has 0 bridgehead atoms. The number of carbonyl (C=O) groups is 1. The van der Waals surface area contributed by atoms with Gasteiger partial charge in [0.25, 0.3) is 0 Å². The molecule has 0 aliphatic carbocycles. The zero-order chi connectivity index (χ0) is 12.7. The number of nitrogens with two attached hydrogens (primary N) is 1. The van der Waals surface area contributed by atoms with Crippen LogP contribution in [0.1, 0.15) is 37.3 Å². The van der Waals surface area contributed by atoms with Crippen LogP contribution in [-0.4, -0.2) is 19.0 Å². The van der Waals surface area contributed by atoms with Gasteiger partial charge in [0.05, 0.1) is 0 Å². The van der Waals surface area contributed by atoms with E-state index in [1.165, 1.54) is 5.56 Å². The van der Waals surface area contributed by atoms with E-state index in [0.29, 0.717) is 19.5 Å². The van der Waals surface area contributed by atoms with E-state index in [-0.39, 0.29) is 11.8 Å². The summed E-state index contributed by atoms with van der Waals surface area (Å²) < 4.78 is 0. The minimum atomic E-state index is 0.0718. The van der Waals surface area contributed by atoms with E-state index in [4.69, 9.17) is 5.73 Å². The minimum absolute atomic E-state index is 0.0718. The Labute approximate surface area is 103 Å². The summed E-state index contributed by atoms with van der Waals surface area (Å²) in [7, 11) is 0. The van der Waals surface area contributed by atoms with Crippen LogP contribution in [0.2, 0.25) is 0 Å². The third-order valence-corrected chi connectivity index (χ3v) is 2.95. The molecule has 0 radical (unpaired) electrons. The van der Waals surface area contributed by atoms with Gasteiger partial charge in [0.15, 0.2) is 0 Å². The second-order valence-corrected chi connectivity index (χ2v) is 4.19. The molecule has 1 amide bonds. The smallest absolute Gasteiger partial charge is 0.220 e. The Morgan fingerprint density at radius 1 is 1.29 bits per heavy atom. The number of aryl methyl sites for hydroxylation is 1. The van der Waals surface area contributed by atoms with E-state index in [1.807, 2.05) is 6.92 Å². The quantitative estimate of drug-likeness (QED) is 0.789. The van der Waals surface area contributed by atoms with Crippen LogP contribution in [0.15, 0.2) is 24.3 Å². The van der Waals surface area contributed by atoms with E-state index < -0.39 is 0 Å². The number of amides is 1. The lowest BCUT2D eigenvalue weighted by molar-refractivity contribution is -0.121. The summed E-state index contributed by atoms with van der Waals surface area (Å²) in [5.41, 5.74) is 8.20. The van der Waals surface area contributed by atoms with Crippen molar-refractivity contribution in [3.63, 3.8) is 0 Å². The van der Waals surface area contributed by atoms with Gasteiger partial charge < -0.3 is 11.1 Å². The number of carbonyl (C=O) groups excluding carboxylic acids is 1. The highest BCUT2D eigenvalue weighted by Crippen LogP contribution is 2.19. The zero-order valence-electron chi connectivity index (χ0n) is 10.7. The van der Waals surface area contributed by atoms with Crippen LogP contribution in [0.3, 0.4) is 0 Å². The van der Waals surface area contributed by atoms with Gasteiger partial charge in [0.1, 0.15) is 0 Å². The minimum Gasteiger partial charge on any atom is -0.356 e. The van der Waals surface area contributed by atoms with Crippen LogP contribution in [-0.2, 0) is 11.2 Å². The van der Waals surface area contributed by atoms with Gasteiger partial charge in [-0.15, -0.1) is 0 Å². The first-order valence-corrected chi connectivity index (χ1v) is 6.26. The normalized spacial score (nSPS) is 12.2. The van der Waals surface area contributed by atoms with Gasteiger partial charge in [-0.05, 0) is 31.0 Å². The Morgan fingerprint density at radius 3 is 2.41 bits per heavy atom. The molecule has 3 N–H and O–H groups in total. The predicted octanol–water partition coefficient (Wildman–Crippen LogP) is 1.82. The van der Waals surface area contributed by atoms with Crippen LogP contribution in [0.25, 0.3) is 0 Å². The molecule has 1 aromatic carbocycles. The van der Waals surface area contributed by atoms with Crippen LogP contribution >= 0.6 is 0 Å². The second kappa shape index (κ2) is 7.07. The average molecular weight is 234 g/mol. The molecule has 94 valence electrons. The molecule has 0 saturated heterocycles. The molecule has 0 heterocycles. The molecule has 1 unspecified atom stereocenters. The van der Waals surface area contributed by atoms with Gasteiger partial charge in [-0.25, -0.2) is 0 Å².